The smallest absolute Gasteiger partial charge is 0.307 e. The fourth-order valence-corrected chi connectivity index (χ4v) is 0.812. The van der Waals surface area contributed by atoms with Gasteiger partial charge in [0.2, 0.25) is 0 Å². The minimum atomic E-state index is -4.11. The summed E-state index contributed by atoms with van der Waals surface area (Å²) in [6, 6.07) is 0. The molecule has 13 heavy (non-hydrogen) atoms. The molecule has 0 aliphatic rings. The van der Waals surface area contributed by atoms with Gasteiger partial charge in [-0.05, 0) is 7.05 Å². The zero-order valence-electron chi connectivity index (χ0n) is 7.69. The number of rotatable bonds is 6. The molecule has 0 saturated carbocycles. The van der Waals surface area contributed by atoms with Crippen LogP contribution >= 0.6 is 0 Å². The summed E-state index contributed by atoms with van der Waals surface area (Å²) < 4.78 is 34.9. The van der Waals surface area contributed by atoms with Gasteiger partial charge in [-0.25, -0.2) is 0 Å². The van der Waals surface area contributed by atoms with Crippen LogP contribution in [0.1, 0.15) is 0 Å². The highest BCUT2D eigenvalue weighted by atomic mass is 19.4. The number of nitrogens with one attached hydrogen (secondary N) is 1. The van der Waals surface area contributed by atoms with Crippen molar-refractivity contribution in [2.75, 3.05) is 33.2 Å². The van der Waals surface area contributed by atoms with Gasteiger partial charge in [0.25, 0.3) is 0 Å². The Kier molecular flexibility index (Phi) is 5.73. The van der Waals surface area contributed by atoms with E-state index in [1.165, 1.54) is 0 Å². The molecule has 0 aliphatic heterocycles. The predicted molar refractivity (Wildman–Crippen MR) is 46.6 cm³/mol. The van der Waals surface area contributed by atoms with Crippen molar-refractivity contribution >= 4 is 0 Å². The van der Waals surface area contributed by atoms with Crippen LogP contribution in [0.3, 0.4) is 0 Å². The van der Waals surface area contributed by atoms with Crippen LogP contribution in [0.2, 0.25) is 0 Å². The number of halogens is 3. The summed E-state index contributed by atoms with van der Waals surface area (Å²) in [6.45, 7) is 4.22. The number of hydrogen-bond donors (Lipinski definition) is 1. The molecule has 0 amide bonds. The van der Waals surface area contributed by atoms with E-state index in [1.807, 2.05) is 11.9 Å². The minimum Gasteiger partial charge on any atom is -0.307 e. The summed E-state index contributed by atoms with van der Waals surface area (Å²) in [7, 11) is 1.83. The fraction of sp³-hybridized carbons (Fsp3) is 0.750. The second kappa shape index (κ2) is 5.99. The lowest BCUT2D eigenvalue weighted by Crippen LogP contribution is -2.35. The van der Waals surface area contributed by atoms with Gasteiger partial charge in [0.1, 0.15) is 0 Å². The van der Waals surface area contributed by atoms with Crippen molar-refractivity contribution in [2.45, 2.75) is 6.18 Å². The monoisotopic (exact) mass is 196 g/mol. The topological polar surface area (TPSA) is 15.3 Å². The summed E-state index contributed by atoms with van der Waals surface area (Å²) in [5, 5.41) is 2.31. The maximum absolute atomic E-state index is 11.6. The Morgan fingerprint density at radius 3 is 2.54 bits per heavy atom. The van der Waals surface area contributed by atoms with Crippen LogP contribution in [0, 0.1) is 0 Å². The molecule has 0 unspecified atom stereocenters. The zero-order chi connectivity index (χ0) is 10.3. The number of hydrogen-bond acceptors (Lipinski definition) is 2. The molecule has 0 rings (SSSR count). The lowest BCUT2D eigenvalue weighted by atomic mass is 10.5. The molecule has 0 aromatic rings. The molecule has 0 aromatic heterocycles. The van der Waals surface area contributed by atoms with Gasteiger partial charge in [0, 0.05) is 19.6 Å². The van der Waals surface area contributed by atoms with E-state index in [4.69, 9.17) is 0 Å². The van der Waals surface area contributed by atoms with Crippen LogP contribution in [0.25, 0.3) is 0 Å². The molecule has 78 valence electrons. The molecule has 2 nitrogen and oxygen atoms in total. The number of nitrogens with zero attached hydrogens (tertiary/aromatic N) is 1. The summed E-state index contributed by atoms with van der Waals surface area (Å²) in [6.07, 6.45) is -2.40. The molecule has 0 radical (unpaired) electrons. The van der Waals surface area contributed by atoms with E-state index in [1.54, 1.807) is 6.08 Å². The van der Waals surface area contributed by atoms with Gasteiger partial charge in [-0.2, -0.15) is 13.2 Å². The number of alkyl halides is 3. The highest BCUT2D eigenvalue weighted by Crippen LogP contribution is 2.11. The van der Waals surface area contributed by atoms with Crippen molar-refractivity contribution in [3.8, 4) is 0 Å². The average molecular weight is 196 g/mol. The third-order valence-electron chi connectivity index (χ3n) is 1.44. The van der Waals surface area contributed by atoms with Gasteiger partial charge in [-0.15, -0.1) is 6.58 Å². The summed E-state index contributed by atoms with van der Waals surface area (Å²) in [5.74, 6) is 0. The second-order valence-electron chi connectivity index (χ2n) is 2.84. The van der Waals surface area contributed by atoms with Crippen molar-refractivity contribution in [2.24, 2.45) is 0 Å². The van der Waals surface area contributed by atoms with E-state index in [-0.39, 0.29) is 0 Å². The number of likely N-dealkylation sites (N-methyl/N-ethyl adjacent to an activating group) is 1. The van der Waals surface area contributed by atoms with Crippen LogP contribution in [0.5, 0.6) is 0 Å². The quantitative estimate of drug-likeness (QED) is 0.508. The van der Waals surface area contributed by atoms with Crippen molar-refractivity contribution in [3.63, 3.8) is 0 Å². The highest BCUT2D eigenvalue weighted by molar-refractivity contribution is 4.71. The van der Waals surface area contributed by atoms with E-state index in [0.717, 1.165) is 0 Å². The molecule has 0 aliphatic carbocycles. The molecule has 0 heterocycles. The molecular weight excluding hydrogens is 181 g/mol. The lowest BCUT2D eigenvalue weighted by Gasteiger charge is -2.14. The third kappa shape index (κ3) is 9.36. The van der Waals surface area contributed by atoms with E-state index in [2.05, 4.69) is 11.9 Å². The molecule has 0 saturated heterocycles. The van der Waals surface area contributed by atoms with Crippen LogP contribution in [-0.4, -0.2) is 44.3 Å². The maximum Gasteiger partial charge on any atom is 0.401 e. The molecule has 0 bridgehead atoms. The standard InChI is InChI=1S/C8H15F3N2/c1-3-5-13(2)6-4-12-7-8(9,10)11/h3,12H,1,4-7H2,2H3. The average Bonchev–Trinajstić information content (AvgIpc) is 1.97. The fourth-order valence-electron chi connectivity index (χ4n) is 0.812. The molecule has 1 N–H and O–H groups in total. The zero-order valence-corrected chi connectivity index (χ0v) is 7.69. The van der Waals surface area contributed by atoms with Crippen molar-refractivity contribution in [1.82, 2.24) is 10.2 Å². The van der Waals surface area contributed by atoms with Crippen molar-refractivity contribution in [1.29, 1.82) is 0 Å². The third-order valence-corrected chi connectivity index (χ3v) is 1.44. The largest absolute Gasteiger partial charge is 0.401 e. The Balaban J connectivity index is 3.30. The van der Waals surface area contributed by atoms with Crippen molar-refractivity contribution < 1.29 is 13.2 Å². The first-order valence-corrected chi connectivity index (χ1v) is 4.02. The van der Waals surface area contributed by atoms with Gasteiger partial charge in [0.15, 0.2) is 0 Å². The molecule has 5 heteroatoms. The van der Waals surface area contributed by atoms with Gasteiger partial charge < -0.3 is 10.2 Å². The van der Waals surface area contributed by atoms with Crippen LogP contribution in [0.4, 0.5) is 13.2 Å². The first kappa shape index (κ1) is 12.4. The molecule has 0 atom stereocenters. The Labute approximate surface area is 76.4 Å². The van der Waals surface area contributed by atoms with Crippen LogP contribution in [0.15, 0.2) is 12.7 Å². The first-order valence-electron chi connectivity index (χ1n) is 4.02. The Bertz CT molecular complexity index is 145. The van der Waals surface area contributed by atoms with E-state index < -0.39 is 12.7 Å². The van der Waals surface area contributed by atoms with E-state index in [9.17, 15) is 13.2 Å². The molecule has 0 fully saturated rings. The van der Waals surface area contributed by atoms with Gasteiger partial charge in [-0.1, -0.05) is 6.08 Å². The second-order valence-corrected chi connectivity index (χ2v) is 2.84. The minimum absolute atomic E-state index is 0.337. The Hall–Kier alpha value is -0.550. The maximum atomic E-state index is 11.6. The lowest BCUT2D eigenvalue weighted by molar-refractivity contribution is -0.124. The van der Waals surface area contributed by atoms with E-state index in [0.29, 0.717) is 19.6 Å². The predicted octanol–water partition coefficient (Wildman–Crippen LogP) is 1.26. The molecular formula is C8H15F3N2. The normalized spacial score (nSPS) is 12.1. The van der Waals surface area contributed by atoms with Crippen molar-refractivity contribution in [3.05, 3.63) is 12.7 Å². The highest BCUT2D eigenvalue weighted by Gasteiger charge is 2.25. The van der Waals surface area contributed by atoms with Crippen LogP contribution < -0.4 is 5.32 Å². The summed E-state index contributed by atoms with van der Waals surface area (Å²) in [5.41, 5.74) is 0. The summed E-state index contributed by atoms with van der Waals surface area (Å²) >= 11 is 0. The van der Waals surface area contributed by atoms with Crippen LogP contribution in [-0.2, 0) is 0 Å². The summed E-state index contributed by atoms with van der Waals surface area (Å²) in [4.78, 5) is 1.89. The van der Waals surface area contributed by atoms with Gasteiger partial charge >= 0.3 is 6.18 Å². The Morgan fingerprint density at radius 1 is 1.46 bits per heavy atom. The molecule has 0 aromatic carbocycles. The first-order chi connectivity index (χ1) is 5.95. The van der Waals surface area contributed by atoms with Gasteiger partial charge in [0.05, 0.1) is 6.54 Å². The Morgan fingerprint density at radius 2 is 2.08 bits per heavy atom. The SMILES string of the molecule is C=CCN(C)CCNCC(F)(F)F. The molecule has 0 spiro atoms. The van der Waals surface area contributed by atoms with Gasteiger partial charge in [-0.3, -0.25) is 0 Å². The van der Waals surface area contributed by atoms with E-state index >= 15 is 0 Å².